The van der Waals surface area contributed by atoms with Crippen molar-refractivity contribution in [3.63, 3.8) is 0 Å². The number of hydrogen-bond acceptors (Lipinski definition) is 5. The number of aryl methyl sites for hydroxylation is 1. The molecule has 1 aromatic heterocycles. The lowest BCUT2D eigenvalue weighted by Gasteiger charge is -2.06. The Kier molecular flexibility index (Phi) is 4.24. The Bertz CT molecular complexity index is 607. The van der Waals surface area contributed by atoms with Crippen LogP contribution in [-0.4, -0.2) is 18.0 Å². The highest BCUT2D eigenvalue weighted by atomic mass is 16.5. The van der Waals surface area contributed by atoms with Crippen LogP contribution in [0.25, 0.3) is 0 Å². The Hall–Kier alpha value is -2.50. The standard InChI is InChI=1S/C14H17N3O3/c1-3-11-7-16-13(20-11)8-17-14(18)9-4-10(15)6-12(5-9)19-2/h4-7H,3,8,15H2,1-2H3,(H,17,18). The summed E-state index contributed by atoms with van der Waals surface area (Å²) in [4.78, 5) is 16.1. The van der Waals surface area contributed by atoms with Gasteiger partial charge in [0.1, 0.15) is 11.5 Å². The second kappa shape index (κ2) is 6.10. The van der Waals surface area contributed by atoms with Crippen LogP contribution in [0, 0.1) is 0 Å². The SMILES string of the molecule is CCc1cnc(CNC(=O)c2cc(N)cc(OC)c2)o1. The van der Waals surface area contributed by atoms with Gasteiger partial charge in [-0.15, -0.1) is 0 Å². The minimum Gasteiger partial charge on any atom is -0.497 e. The molecule has 0 radical (unpaired) electrons. The first-order chi connectivity index (χ1) is 9.62. The molecule has 0 fully saturated rings. The number of aromatic nitrogens is 1. The molecule has 0 spiro atoms. The van der Waals surface area contributed by atoms with Crippen molar-refractivity contribution in [2.75, 3.05) is 12.8 Å². The van der Waals surface area contributed by atoms with Gasteiger partial charge >= 0.3 is 0 Å². The lowest BCUT2D eigenvalue weighted by atomic mass is 10.2. The van der Waals surface area contributed by atoms with E-state index in [-0.39, 0.29) is 12.5 Å². The zero-order valence-electron chi connectivity index (χ0n) is 11.5. The highest BCUT2D eigenvalue weighted by Gasteiger charge is 2.10. The molecule has 1 heterocycles. The number of amides is 1. The van der Waals surface area contributed by atoms with Gasteiger partial charge in [-0.3, -0.25) is 4.79 Å². The zero-order chi connectivity index (χ0) is 14.5. The quantitative estimate of drug-likeness (QED) is 0.811. The molecule has 0 aliphatic rings. The van der Waals surface area contributed by atoms with Crippen molar-refractivity contribution in [3.8, 4) is 5.75 Å². The summed E-state index contributed by atoms with van der Waals surface area (Å²) < 4.78 is 10.5. The maximum Gasteiger partial charge on any atom is 0.251 e. The third kappa shape index (κ3) is 3.28. The van der Waals surface area contributed by atoms with Crippen LogP contribution in [-0.2, 0) is 13.0 Å². The van der Waals surface area contributed by atoms with Gasteiger partial charge in [-0.1, -0.05) is 6.92 Å². The number of hydrogen-bond donors (Lipinski definition) is 2. The van der Waals surface area contributed by atoms with Crippen molar-refractivity contribution in [2.45, 2.75) is 19.9 Å². The fourth-order valence-corrected chi connectivity index (χ4v) is 1.72. The van der Waals surface area contributed by atoms with E-state index in [2.05, 4.69) is 10.3 Å². The smallest absolute Gasteiger partial charge is 0.251 e. The summed E-state index contributed by atoms with van der Waals surface area (Å²) in [7, 11) is 1.52. The van der Waals surface area contributed by atoms with Crippen molar-refractivity contribution in [1.82, 2.24) is 10.3 Å². The Labute approximate surface area is 116 Å². The van der Waals surface area contributed by atoms with E-state index in [1.807, 2.05) is 6.92 Å². The van der Waals surface area contributed by atoms with Gasteiger partial charge < -0.3 is 20.2 Å². The molecule has 0 atom stereocenters. The number of nitrogens with zero attached hydrogens (tertiary/aromatic N) is 1. The molecular weight excluding hydrogens is 258 g/mol. The predicted octanol–water partition coefficient (Wildman–Crippen LogP) is 1.76. The van der Waals surface area contributed by atoms with Crippen LogP contribution >= 0.6 is 0 Å². The molecule has 2 aromatic rings. The highest BCUT2D eigenvalue weighted by Crippen LogP contribution is 2.18. The molecule has 1 aromatic carbocycles. The van der Waals surface area contributed by atoms with Crippen molar-refractivity contribution in [1.29, 1.82) is 0 Å². The highest BCUT2D eigenvalue weighted by molar-refractivity contribution is 5.95. The molecule has 0 unspecified atom stereocenters. The Morgan fingerprint density at radius 2 is 2.25 bits per heavy atom. The maximum absolute atomic E-state index is 12.0. The van der Waals surface area contributed by atoms with Gasteiger partial charge in [-0.25, -0.2) is 4.98 Å². The van der Waals surface area contributed by atoms with Crippen LogP contribution in [0.5, 0.6) is 5.75 Å². The van der Waals surface area contributed by atoms with Crippen LogP contribution in [0.4, 0.5) is 5.69 Å². The molecular formula is C14H17N3O3. The Morgan fingerprint density at radius 1 is 1.45 bits per heavy atom. The number of oxazole rings is 1. The summed E-state index contributed by atoms with van der Waals surface area (Å²) in [6, 6.07) is 4.86. The number of rotatable bonds is 5. The second-order valence-electron chi connectivity index (χ2n) is 4.25. The first-order valence-corrected chi connectivity index (χ1v) is 6.28. The van der Waals surface area contributed by atoms with Crippen LogP contribution < -0.4 is 15.8 Å². The number of anilines is 1. The summed E-state index contributed by atoms with van der Waals surface area (Å²) in [6.07, 6.45) is 2.43. The lowest BCUT2D eigenvalue weighted by Crippen LogP contribution is -2.23. The second-order valence-corrected chi connectivity index (χ2v) is 4.25. The molecule has 0 aliphatic carbocycles. The molecule has 2 rings (SSSR count). The van der Waals surface area contributed by atoms with Crippen LogP contribution in [0.2, 0.25) is 0 Å². The van der Waals surface area contributed by atoms with Gasteiger partial charge in [0, 0.05) is 23.7 Å². The molecule has 106 valence electrons. The molecule has 1 amide bonds. The lowest BCUT2D eigenvalue weighted by molar-refractivity contribution is 0.0946. The monoisotopic (exact) mass is 275 g/mol. The van der Waals surface area contributed by atoms with E-state index in [9.17, 15) is 4.79 Å². The summed E-state index contributed by atoms with van der Waals surface area (Å²) in [6.45, 7) is 2.21. The van der Waals surface area contributed by atoms with E-state index in [4.69, 9.17) is 14.9 Å². The van der Waals surface area contributed by atoms with Crippen LogP contribution in [0.15, 0.2) is 28.8 Å². The number of carbonyl (C=O) groups excluding carboxylic acids is 1. The Balaban J connectivity index is 2.02. The van der Waals surface area contributed by atoms with Crippen molar-refractivity contribution in [2.24, 2.45) is 0 Å². The van der Waals surface area contributed by atoms with Gasteiger partial charge in [0.25, 0.3) is 5.91 Å². The topological polar surface area (TPSA) is 90.4 Å². The largest absolute Gasteiger partial charge is 0.497 e. The third-order valence-electron chi connectivity index (χ3n) is 2.78. The number of nitrogens with one attached hydrogen (secondary N) is 1. The van der Waals surface area contributed by atoms with E-state index < -0.39 is 0 Å². The van der Waals surface area contributed by atoms with Crippen molar-refractivity contribution >= 4 is 11.6 Å². The summed E-state index contributed by atoms with van der Waals surface area (Å²) in [5.41, 5.74) is 6.62. The van der Waals surface area contributed by atoms with Gasteiger partial charge in [-0.2, -0.15) is 0 Å². The van der Waals surface area contributed by atoms with E-state index in [0.717, 1.165) is 12.2 Å². The van der Waals surface area contributed by atoms with Crippen molar-refractivity contribution in [3.05, 3.63) is 41.6 Å². The van der Waals surface area contributed by atoms with Crippen LogP contribution in [0.3, 0.4) is 0 Å². The molecule has 0 aliphatic heterocycles. The van der Waals surface area contributed by atoms with E-state index in [1.54, 1.807) is 24.4 Å². The first kappa shape index (κ1) is 13.9. The van der Waals surface area contributed by atoms with Gasteiger partial charge in [-0.05, 0) is 12.1 Å². The predicted molar refractivity (Wildman–Crippen MR) is 74.5 cm³/mol. The summed E-state index contributed by atoms with van der Waals surface area (Å²) in [5.74, 6) is 1.55. The van der Waals surface area contributed by atoms with Crippen molar-refractivity contribution < 1.29 is 13.9 Å². The van der Waals surface area contributed by atoms with Gasteiger partial charge in [0.05, 0.1) is 19.9 Å². The average Bonchev–Trinajstić information content (AvgIpc) is 2.92. The number of nitrogens with two attached hydrogens (primary N) is 1. The number of benzene rings is 1. The summed E-state index contributed by atoms with van der Waals surface area (Å²) >= 11 is 0. The number of carbonyl (C=O) groups is 1. The number of nitrogen functional groups attached to an aromatic ring is 1. The molecule has 0 saturated heterocycles. The third-order valence-corrected chi connectivity index (χ3v) is 2.78. The minimum atomic E-state index is -0.258. The fourth-order valence-electron chi connectivity index (χ4n) is 1.72. The van der Waals surface area contributed by atoms with Crippen LogP contribution in [0.1, 0.15) is 28.9 Å². The van der Waals surface area contributed by atoms with E-state index in [1.165, 1.54) is 7.11 Å². The normalized spacial score (nSPS) is 10.3. The average molecular weight is 275 g/mol. The van der Waals surface area contributed by atoms with Gasteiger partial charge in [0.2, 0.25) is 5.89 Å². The molecule has 0 saturated carbocycles. The zero-order valence-corrected chi connectivity index (χ0v) is 11.5. The first-order valence-electron chi connectivity index (χ1n) is 6.28. The molecule has 3 N–H and O–H groups in total. The molecule has 6 nitrogen and oxygen atoms in total. The number of methoxy groups -OCH3 is 1. The van der Waals surface area contributed by atoms with E-state index >= 15 is 0 Å². The molecule has 0 bridgehead atoms. The number of ether oxygens (including phenoxy) is 1. The molecule has 6 heteroatoms. The minimum absolute atomic E-state index is 0.232. The fraction of sp³-hybridized carbons (Fsp3) is 0.286. The van der Waals surface area contributed by atoms with Gasteiger partial charge in [0.15, 0.2) is 0 Å². The summed E-state index contributed by atoms with van der Waals surface area (Å²) in [5, 5.41) is 2.72. The molecule has 20 heavy (non-hydrogen) atoms. The maximum atomic E-state index is 12.0. The Morgan fingerprint density at radius 3 is 2.90 bits per heavy atom. The van der Waals surface area contributed by atoms with E-state index in [0.29, 0.717) is 22.9 Å².